The Morgan fingerprint density at radius 2 is 2.17 bits per heavy atom. The van der Waals surface area contributed by atoms with Crippen LogP contribution < -0.4 is 11.1 Å². The molecule has 1 aromatic heterocycles. The molecule has 0 amide bonds. The van der Waals surface area contributed by atoms with E-state index in [0.29, 0.717) is 22.1 Å². The van der Waals surface area contributed by atoms with E-state index in [1.807, 2.05) is 18.2 Å². The quantitative estimate of drug-likeness (QED) is 0.883. The van der Waals surface area contributed by atoms with Gasteiger partial charge >= 0.3 is 0 Å². The average molecular weight is 324 g/mol. The molecule has 4 nitrogen and oxygen atoms in total. The topological polar surface area (TPSA) is 74.7 Å². The minimum atomic E-state index is 0.417. The van der Waals surface area contributed by atoms with Crippen molar-refractivity contribution in [1.82, 2.24) is 4.98 Å². The number of halogens is 2. The van der Waals surface area contributed by atoms with E-state index in [2.05, 4.69) is 26.2 Å². The number of nitrogens with two attached hydrogens (primary N) is 1. The van der Waals surface area contributed by atoms with E-state index in [4.69, 9.17) is 22.6 Å². The molecule has 2 aromatic rings. The highest BCUT2D eigenvalue weighted by Crippen LogP contribution is 2.28. The van der Waals surface area contributed by atoms with Gasteiger partial charge in [-0.25, -0.2) is 4.98 Å². The van der Waals surface area contributed by atoms with E-state index in [1.54, 1.807) is 12.1 Å². The molecule has 0 fully saturated rings. The Kier molecular flexibility index (Phi) is 3.70. The first-order valence-electron chi connectivity index (χ1n) is 4.98. The van der Waals surface area contributed by atoms with Crippen LogP contribution in [0.15, 0.2) is 34.9 Å². The van der Waals surface area contributed by atoms with E-state index >= 15 is 0 Å². The average Bonchev–Trinajstić information content (AvgIpc) is 2.36. The number of rotatable bonds is 2. The number of hydrogen-bond donors (Lipinski definition) is 2. The van der Waals surface area contributed by atoms with Gasteiger partial charge in [-0.2, -0.15) is 5.26 Å². The molecule has 90 valence electrons. The van der Waals surface area contributed by atoms with E-state index in [-0.39, 0.29) is 0 Å². The minimum Gasteiger partial charge on any atom is -0.396 e. The molecular weight excluding hydrogens is 316 g/mol. The fourth-order valence-electron chi connectivity index (χ4n) is 1.36. The molecular formula is C12H8BrClN4. The highest BCUT2D eigenvalue weighted by Gasteiger charge is 2.04. The molecule has 0 atom stereocenters. The van der Waals surface area contributed by atoms with Gasteiger partial charge in [-0.3, -0.25) is 0 Å². The fourth-order valence-corrected chi connectivity index (χ4v) is 1.85. The Hall–Kier alpha value is -1.77. The predicted molar refractivity (Wildman–Crippen MR) is 75.8 cm³/mol. The van der Waals surface area contributed by atoms with Gasteiger partial charge in [0.2, 0.25) is 0 Å². The number of anilines is 3. The lowest BCUT2D eigenvalue weighted by Crippen LogP contribution is -1.99. The van der Waals surface area contributed by atoms with Crippen LogP contribution in [0.2, 0.25) is 5.02 Å². The Morgan fingerprint density at radius 3 is 2.78 bits per heavy atom. The summed E-state index contributed by atoms with van der Waals surface area (Å²) in [7, 11) is 0. The molecule has 0 aliphatic rings. The summed E-state index contributed by atoms with van der Waals surface area (Å²) in [6.45, 7) is 0. The van der Waals surface area contributed by atoms with Gasteiger partial charge < -0.3 is 11.1 Å². The molecule has 0 bridgehead atoms. The molecule has 0 spiro atoms. The van der Waals surface area contributed by atoms with Crippen LogP contribution in [-0.2, 0) is 0 Å². The Bertz CT molecular complexity index is 636. The molecule has 1 heterocycles. The smallest absolute Gasteiger partial charge is 0.153 e. The number of hydrogen-bond acceptors (Lipinski definition) is 4. The van der Waals surface area contributed by atoms with E-state index in [1.165, 1.54) is 6.20 Å². The van der Waals surface area contributed by atoms with Gasteiger partial charge in [0.25, 0.3) is 0 Å². The van der Waals surface area contributed by atoms with E-state index in [9.17, 15) is 0 Å². The van der Waals surface area contributed by atoms with Crippen LogP contribution in [0.3, 0.4) is 0 Å². The number of aromatic nitrogens is 1. The molecule has 0 saturated heterocycles. The second-order valence-corrected chi connectivity index (χ2v) is 4.79. The lowest BCUT2D eigenvalue weighted by molar-refractivity contribution is 1.29. The number of nitrogen functional groups attached to an aromatic ring is 1. The van der Waals surface area contributed by atoms with Crippen molar-refractivity contribution >= 4 is 44.7 Å². The van der Waals surface area contributed by atoms with Crippen molar-refractivity contribution in [1.29, 1.82) is 5.26 Å². The van der Waals surface area contributed by atoms with E-state index in [0.717, 1.165) is 10.2 Å². The number of pyridine rings is 1. The van der Waals surface area contributed by atoms with Crippen LogP contribution >= 0.6 is 27.5 Å². The van der Waals surface area contributed by atoms with Crippen molar-refractivity contribution in [3.05, 3.63) is 45.5 Å². The van der Waals surface area contributed by atoms with Crippen molar-refractivity contribution in [2.24, 2.45) is 0 Å². The van der Waals surface area contributed by atoms with Crippen LogP contribution in [0.5, 0.6) is 0 Å². The number of nitrogens with one attached hydrogen (secondary N) is 1. The maximum Gasteiger partial charge on any atom is 0.153 e. The van der Waals surface area contributed by atoms with Gasteiger partial charge in [-0.15, -0.1) is 0 Å². The van der Waals surface area contributed by atoms with Crippen molar-refractivity contribution in [3.63, 3.8) is 0 Å². The maximum absolute atomic E-state index is 8.72. The van der Waals surface area contributed by atoms with Crippen molar-refractivity contribution in [3.8, 4) is 6.07 Å². The molecule has 1 aromatic carbocycles. The summed E-state index contributed by atoms with van der Waals surface area (Å²) < 4.78 is 0.779. The van der Waals surface area contributed by atoms with Crippen LogP contribution in [0.4, 0.5) is 17.2 Å². The Labute approximate surface area is 118 Å². The van der Waals surface area contributed by atoms with Gasteiger partial charge in [0.05, 0.1) is 16.3 Å². The summed E-state index contributed by atoms with van der Waals surface area (Å²) in [5, 5.41) is 12.4. The van der Waals surface area contributed by atoms with Crippen LogP contribution in [0.1, 0.15) is 5.56 Å². The summed E-state index contributed by atoms with van der Waals surface area (Å²) in [6.07, 6.45) is 1.46. The summed E-state index contributed by atoms with van der Waals surface area (Å²) in [5.41, 5.74) is 7.44. The lowest BCUT2D eigenvalue weighted by atomic mass is 10.2. The fraction of sp³-hybridized carbons (Fsp3) is 0. The molecule has 0 aliphatic heterocycles. The third-order valence-corrected chi connectivity index (χ3v) is 3.44. The lowest BCUT2D eigenvalue weighted by Gasteiger charge is -2.09. The molecule has 3 N–H and O–H groups in total. The number of nitrogens with zero attached hydrogens (tertiary/aromatic N) is 2. The second-order valence-electron chi connectivity index (χ2n) is 3.53. The van der Waals surface area contributed by atoms with Gasteiger partial charge in [-0.05, 0) is 40.2 Å². The first-order valence-corrected chi connectivity index (χ1v) is 6.15. The van der Waals surface area contributed by atoms with E-state index < -0.39 is 0 Å². The maximum atomic E-state index is 8.72. The predicted octanol–water partition coefficient (Wildman–Crippen LogP) is 3.69. The third-order valence-electron chi connectivity index (χ3n) is 2.23. The largest absolute Gasteiger partial charge is 0.396 e. The molecule has 0 saturated carbocycles. The first kappa shape index (κ1) is 12.7. The van der Waals surface area contributed by atoms with Gasteiger partial charge in [0, 0.05) is 16.4 Å². The van der Waals surface area contributed by atoms with Crippen LogP contribution in [0, 0.1) is 11.3 Å². The molecule has 18 heavy (non-hydrogen) atoms. The zero-order chi connectivity index (χ0) is 13.1. The molecule has 0 radical (unpaired) electrons. The van der Waals surface area contributed by atoms with Gasteiger partial charge in [0.1, 0.15) is 6.07 Å². The molecule has 2 rings (SSSR count). The summed E-state index contributed by atoms with van der Waals surface area (Å²) in [6, 6.07) is 8.94. The van der Waals surface area contributed by atoms with Crippen molar-refractivity contribution in [2.75, 3.05) is 11.1 Å². The van der Waals surface area contributed by atoms with Gasteiger partial charge in [0.15, 0.2) is 5.82 Å². The first-order chi connectivity index (χ1) is 8.60. The SMILES string of the molecule is N#Cc1cnc(Nc2ccc(Cl)c(Br)c2)c(N)c1. The summed E-state index contributed by atoms with van der Waals surface area (Å²) in [4.78, 5) is 4.09. The highest BCUT2D eigenvalue weighted by molar-refractivity contribution is 9.10. The molecule has 6 heteroatoms. The standard InChI is InChI=1S/C12H8BrClN4/c13-9-4-8(1-2-10(9)14)18-12-11(16)3-7(5-15)6-17-12/h1-4,6H,16H2,(H,17,18). The summed E-state index contributed by atoms with van der Waals surface area (Å²) in [5.74, 6) is 0.503. The zero-order valence-corrected chi connectivity index (χ0v) is 11.5. The second kappa shape index (κ2) is 5.25. The van der Waals surface area contributed by atoms with Crippen LogP contribution in [-0.4, -0.2) is 4.98 Å². The van der Waals surface area contributed by atoms with Gasteiger partial charge in [-0.1, -0.05) is 11.6 Å². The zero-order valence-electron chi connectivity index (χ0n) is 9.11. The Balaban J connectivity index is 2.29. The monoisotopic (exact) mass is 322 g/mol. The number of benzene rings is 1. The normalized spacial score (nSPS) is 9.83. The molecule has 0 unspecified atom stereocenters. The molecule has 0 aliphatic carbocycles. The third kappa shape index (κ3) is 2.73. The van der Waals surface area contributed by atoms with Crippen LogP contribution in [0.25, 0.3) is 0 Å². The van der Waals surface area contributed by atoms with Crippen molar-refractivity contribution in [2.45, 2.75) is 0 Å². The highest BCUT2D eigenvalue weighted by atomic mass is 79.9. The van der Waals surface area contributed by atoms with Crippen molar-refractivity contribution < 1.29 is 0 Å². The summed E-state index contributed by atoms with van der Waals surface area (Å²) >= 11 is 9.24. The number of nitriles is 1. The Morgan fingerprint density at radius 1 is 1.39 bits per heavy atom. The minimum absolute atomic E-state index is 0.417.